The van der Waals surface area contributed by atoms with Gasteiger partial charge in [0.15, 0.2) is 0 Å². The van der Waals surface area contributed by atoms with Gasteiger partial charge < -0.3 is 5.32 Å². The van der Waals surface area contributed by atoms with Gasteiger partial charge in [0.2, 0.25) is 0 Å². The van der Waals surface area contributed by atoms with E-state index in [2.05, 4.69) is 15.3 Å². The molecule has 1 amide bonds. The number of hydrogen-bond donors (Lipinski definition) is 1. The Bertz CT molecular complexity index is 764. The summed E-state index contributed by atoms with van der Waals surface area (Å²) >= 11 is 0. The van der Waals surface area contributed by atoms with Crippen LogP contribution in [0.25, 0.3) is 0 Å². The van der Waals surface area contributed by atoms with Crippen molar-refractivity contribution in [1.29, 1.82) is 0 Å². The molecule has 0 aliphatic carbocycles. The molecule has 0 atom stereocenters. The van der Waals surface area contributed by atoms with E-state index in [9.17, 15) is 18.0 Å². The predicted octanol–water partition coefficient (Wildman–Crippen LogP) is 4.35. The smallest absolute Gasteiger partial charge is 0.321 e. The van der Waals surface area contributed by atoms with Gasteiger partial charge in [0.25, 0.3) is 5.91 Å². The molecule has 24 heavy (non-hydrogen) atoms. The number of aromatic nitrogens is 2. The van der Waals surface area contributed by atoms with Crippen molar-refractivity contribution in [2.45, 2.75) is 39.3 Å². The quantitative estimate of drug-likeness (QED) is 0.886. The third-order valence-electron chi connectivity index (χ3n) is 3.49. The van der Waals surface area contributed by atoms with Crippen LogP contribution in [0.1, 0.15) is 48.1 Å². The zero-order valence-corrected chi connectivity index (χ0v) is 13.8. The van der Waals surface area contributed by atoms with Crippen LogP contribution in [0.2, 0.25) is 0 Å². The first-order valence-electron chi connectivity index (χ1n) is 7.30. The monoisotopic (exact) mass is 337 g/mol. The molecule has 0 unspecified atom stereocenters. The lowest BCUT2D eigenvalue weighted by Gasteiger charge is -2.22. The van der Waals surface area contributed by atoms with Crippen LogP contribution in [-0.2, 0) is 11.6 Å². The van der Waals surface area contributed by atoms with Gasteiger partial charge in [0.1, 0.15) is 17.7 Å². The number of anilines is 1. The molecule has 0 aliphatic rings. The first-order chi connectivity index (χ1) is 11.0. The molecule has 128 valence electrons. The molecule has 7 heteroatoms. The van der Waals surface area contributed by atoms with E-state index in [0.29, 0.717) is 11.8 Å². The van der Waals surface area contributed by atoms with Gasteiger partial charge in [0.05, 0.1) is 0 Å². The molecule has 0 saturated carbocycles. The molecule has 0 fully saturated rings. The average molecular weight is 337 g/mol. The fourth-order valence-electron chi connectivity index (χ4n) is 2.34. The zero-order valence-electron chi connectivity index (χ0n) is 13.8. The third kappa shape index (κ3) is 4.10. The van der Waals surface area contributed by atoms with Gasteiger partial charge in [-0.05, 0) is 35.6 Å². The maximum Gasteiger partial charge on any atom is 0.433 e. The minimum atomic E-state index is -4.62. The van der Waals surface area contributed by atoms with Crippen molar-refractivity contribution in [2.24, 2.45) is 0 Å². The second-order valence-electron chi connectivity index (χ2n) is 6.52. The van der Waals surface area contributed by atoms with Gasteiger partial charge in [0, 0.05) is 11.8 Å². The summed E-state index contributed by atoms with van der Waals surface area (Å²) in [6.07, 6.45) is -3.89. The number of benzene rings is 1. The lowest BCUT2D eigenvalue weighted by molar-refractivity contribution is -0.141. The third-order valence-corrected chi connectivity index (χ3v) is 3.49. The summed E-state index contributed by atoms with van der Waals surface area (Å²) in [5, 5.41) is 2.58. The SMILES string of the molecule is Cc1ccc(NC(=O)c2cc(C(F)(F)F)ncn2)cc1C(C)(C)C. The Kier molecular flexibility index (Phi) is 4.64. The topological polar surface area (TPSA) is 54.9 Å². The molecule has 0 saturated heterocycles. The van der Waals surface area contributed by atoms with E-state index in [-0.39, 0.29) is 11.1 Å². The van der Waals surface area contributed by atoms with E-state index in [1.54, 1.807) is 6.07 Å². The second-order valence-corrected chi connectivity index (χ2v) is 6.52. The van der Waals surface area contributed by atoms with Gasteiger partial charge in [-0.2, -0.15) is 13.2 Å². The zero-order chi connectivity index (χ0) is 18.1. The minimum Gasteiger partial charge on any atom is -0.321 e. The Hall–Kier alpha value is -2.44. The van der Waals surface area contributed by atoms with Crippen LogP contribution in [0, 0.1) is 6.92 Å². The molecule has 2 rings (SSSR count). The molecule has 0 radical (unpaired) electrons. The lowest BCUT2D eigenvalue weighted by Crippen LogP contribution is -2.18. The molecule has 0 aliphatic heterocycles. The standard InChI is InChI=1S/C17H18F3N3O/c1-10-5-6-11(7-12(10)16(2,3)4)23-15(24)13-8-14(17(18,19)20)22-9-21-13/h5-9H,1-4H3,(H,23,24). The Labute approximate surface area is 138 Å². The van der Waals surface area contributed by atoms with Crippen LogP contribution in [0.3, 0.4) is 0 Å². The van der Waals surface area contributed by atoms with Crippen LogP contribution in [0.4, 0.5) is 18.9 Å². The van der Waals surface area contributed by atoms with Crippen molar-refractivity contribution in [1.82, 2.24) is 9.97 Å². The summed E-state index contributed by atoms with van der Waals surface area (Å²) < 4.78 is 38.0. The Morgan fingerprint density at radius 2 is 1.75 bits per heavy atom. The number of halogens is 3. The fraction of sp³-hybridized carbons (Fsp3) is 0.353. The molecule has 1 aromatic carbocycles. The van der Waals surface area contributed by atoms with Crippen molar-refractivity contribution in [3.63, 3.8) is 0 Å². The summed E-state index contributed by atoms with van der Waals surface area (Å²) in [6.45, 7) is 8.09. The molecule has 1 heterocycles. The summed E-state index contributed by atoms with van der Waals surface area (Å²) in [6, 6.07) is 6.01. The molecule has 1 aromatic heterocycles. The minimum absolute atomic E-state index is 0.122. The van der Waals surface area contributed by atoms with E-state index < -0.39 is 17.8 Å². The van der Waals surface area contributed by atoms with Crippen molar-refractivity contribution < 1.29 is 18.0 Å². The first-order valence-corrected chi connectivity index (χ1v) is 7.30. The number of nitrogens with zero attached hydrogens (tertiary/aromatic N) is 2. The average Bonchev–Trinajstić information content (AvgIpc) is 2.47. The largest absolute Gasteiger partial charge is 0.433 e. The van der Waals surface area contributed by atoms with Crippen LogP contribution >= 0.6 is 0 Å². The van der Waals surface area contributed by atoms with Crippen molar-refractivity contribution >= 4 is 11.6 Å². The van der Waals surface area contributed by atoms with E-state index in [1.807, 2.05) is 39.8 Å². The number of amides is 1. The Morgan fingerprint density at radius 3 is 2.33 bits per heavy atom. The van der Waals surface area contributed by atoms with Crippen molar-refractivity contribution in [2.75, 3.05) is 5.32 Å². The van der Waals surface area contributed by atoms with Gasteiger partial charge in [-0.15, -0.1) is 0 Å². The van der Waals surface area contributed by atoms with Crippen LogP contribution in [-0.4, -0.2) is 15.9 Å². The van der Waals surface area contributed by atoms with E-state index >= 15 is 0 Å². The number of nitrogens with one attached hydrogen (secondary N) is 1. The summed E-state index contributed by atoms with van der Waals surface area (Å²) in [5.74, 6) is -0.716. The highest BCUT2D eigenvalue weighted by Crippen LogP contribution is 2.29. The first kappa shape index (κ1) is 17.9. The molecule has 0 spiro atoms. The summed E-state index contributed by atoms with van der Waals surface area (Å²) in [4.78, 5) is 18.9. The van der Waals surface area contributed by atoms with Crippen LogP contribution < -0.4 is 5.32 Å². The molecule has 2 aromatic rings. The van der Waals surface area contributed by atoms with Crippen molar-refractivity contribution in [3.8, 4) is 0 Å². The van der Waals surface area contributed by atoms with E-state index in [1.165, 1.54) is 0 Å². The number of carbonyl (C=O) groups is 1. The highest BCUT2D eigenvalue weighted by molar-refractivity contribution is 6.02. The number of aryl methyl sites for hydroxylation is 1. The Balaban J connectivity index is 2.28. The Morgan fingerprint density at radius 1 is 1.08 bits per heavy atom. The number of hydrogen-bond acceptors (Lipinski definition) is 3. The normalized spacial score (nSPS) is 12.1. The highest BCUT2D eigenvalue weighted by atomic mass is 19.4. The van der Waals surface area contributed by atoms with Crippen LogP contribution in [0.15, 0.2) is 30.6 Å². The summed E-state index contributed by atoms with van der Waals surface area (Å²) in [5.41, 5.74) is 1.00. The van der Waals surface area contributed by atoms with Crippen LogP contribution in [0.5, 0.6) is 0 Å². The van der Waals surface area contributed by atoms with Gasteiger partial charge in [-0.3, -0.25) is 4.79 Å². The maximum absolute atomic E-state index is 12.7. The highest BCUT2D eigenvalue weighted by Gasteiger charge is 2.33. The van der Waals surface area contributed by atoms with E-state index in [4.69, 9.17) is 0 Å². The molecule has 0 bridgehead atoms. The second kappa shape index (κ2) is 6.22. The molecular weight excluding hydrogens is 319 g/mol. The van der Waals surface area contributed by atoms with Gasteiger partial charge >= 0.3 is 6.18 Å². The molecule has 4 nitrogen and oxygen atoms in total. The van der Waals surface area contributed by atoms with Crippen molar-refractivity contribution in [3.05, 3.63) is 53.1 Å². The number of rotatable bonds is 2. The number of alkyl halides is 3. The molecular formula is C17H18F3N3O. The summed E-state index contributed by atoms with van der Waals surface area (Å²) in [7, 11) is 0. The maximum atomic E-state index is 12.7. The van der Waals surface area contributed by atoms with E-state index in [0.717, 1.165) is 17.5 Å². The fourth-order valence-corrected chi connectivity index (χ4v) is 2.34. The lowest BCUT2D eigenvalue weighted by atomic mass is 9.84. The molecule has 1 N–H and O–H groups in total. The van der Waals surface area contributed by atoms with Gasteiger partial charge in [-0.25, -0.2) is 9.97 Å². The number of carbonyl (C=O) groups excluding carboxylic acids is 1. The predicted molar refractivity (Wildman–Crippen MR) is 84.9 cm³/mol. The van der Waals surface area contributed by atoms with Gasteiger partial charge in [-0.1, -0.05) is 26.8 Å².